The SMILES string of the molecule is C[C@@H]1CC[C@H]2[C@H](CCCc3ccc(N(C)C)cc3)C(=O)O[C@@H]3O[C@@]4(C)CCC1[C@]32OO4. The molecule has 1 spiro atoms. The maximum absolute atomic E-state index is 13.1. The lowest BCUT2D eigenvalue weighted by atomic mass is 9.57. The van der Waals surface area contributed by atoms with Crippen molar-refractivity contribution >= 4 is 11.7 Å². The first-order valence-electron chi connectivity index (χ1n) is 11.8. The third-order valence-electron chi connectivity index (χ3n) is 8.22. The zero-order valence-electron chi connectivity index (χ0n) is 19.1. The van der Waals surface area contributed by atoms with Crippen LogP contribution in [0.25, 0.3) is 0 Å². The Labute approximate surface area is 185 Å². The molecule has 0 radical (unpaired) electrons. The van der Waals surface area contributed by atoms with Crippen LogP contribution in [-0.4, -0.2) is 37.7 Å². The van der Waals surface area contributed by atoms with Crippen molar-refractivity contribution in [2.24, 2.45) is 23.7 Å². The topological polar surface area (TPSA) is 57.2 Å². The molecule has 0 aromatic heterocycles. The number of hydrogen-bond acceptors (Lipinski definition) is 6. The Morgan fingerprint density at radius 1 is 1.06 bits per heavy atom. The van der Waals surface area contributed by atoms with E-state index in [1.807, 2.05) is 21.0 Å². The van der Waals surface area contributed by atoms with Gasteiger partial charge in [0, 0.05) is 38.0 Å². The molecule has 6 nitrogen and oxygen atoms in total. The first-order valence-corrected chi connectivity index (χ1v) is 11.8. The molecule has 4 aliphatic heterocycles. The first kappa shape index (κ1) is 21.2. The first-order chi connectivity index (χ1) is 14.8. The highest BCUT2D eigenvalue weighted by Crippen LogP contribution is 2.60. The molecule has 31 heavy (non-hydrogen) atoms. The lowest BCUT2D eigenvalue weighted by Crippen LogP contribution is -2.70. The standard InChI is InChI=1S/C25H35NO5/c1-16-8-13-21-19(7-5-6-17-9-11-18(12-10-17)26(3)4)22(27)28-23-25(21)20(16)14-15-24(2,29-23)30-31-25/h9-12,16,19-21,23H,5-8,13-15H2,1-4H3/t16-,19+,20?,21+,23-,24-,25-/m1/s1. The van der Waals surface area contributed by atoms with Crippen molar-refractivity contribution < 1.29 is 24.0 Å². The molecule has 2 bridgehead atoms. The van der Waals surface area contributed by atoms with E-state index in [4.69, 9.17) is 19.2 Å². The van der Waals surface area contributed by atoms with Crippen LogP contribution in [0.1, 0.15) is 57.9 Å². The molecular formula is C25H35NO5. The second kappa shape index (κ2) is 7.75. The molecule has 4 saturated heterocycles. The number of carbonyl (C=O) groups is 1. The summed E-state index contributed by atoms with van der Waals surface area (Å²) < 4.78 is 12.1. The molecule has 1 aromatic rings. The second-order valence-corrected chi connectivity index (χ2v) is 10.4. The quantitative estimate of drug-likeness (QED) is 0.509. The number of fused-ring (bicyclic) bond motifs is 2. The Kier molecular flexibility index (Phi) is 5.31. The summed E-state index contributed by atoms with van der Waals surface area (Å²) in [5.41, 5.74) is 1.83. The van der Waals surface area contributed by atoms with Gasteiger partial charge in [-0.1, -0.05) is 19.1 Å². The van der Waals surface area contributed by atoms with Gasteiger partial charge in [-0.05, 0) is 69.1 Å². The van der Waals surface area contributed by atoms with Gasteiger partial charge >= 0.3 is 5.97 Å². The van der Waals surface area contributed by atoms with Crippen molar-refractivity contribution in [1.29, 1.82) is 0 Å². The molecule has 1 aromatic carbocycles. The summed E-state index contributed by atoms with van der Waals surface area (Å²) in [7, 11) is 4.09. The van der Waals surface area contributed by atoms with Gasteiger partial charge in [-0.2, -0.15) is 0 Å². The summed E-state index contributed by atoms with van der Waals surface area (Å²) in [6, 6.07) is 8.65. The van der Waals surface area contributed by atoms with E-state index in [9.17, 15) is 4.79 Å². The van der Waals surface area contributed by atoms with Gasteiger partial charge in [-0.15, -0.1) is 0 Å². The third kappa shape index (κ3) is 3.47. The summed E-state index contributed by atoms with van der Waals surface area (Å²) in [5.74, 6) is -0.255. The van der Waals surface area contributed by atoms with Crippen LogP contribution < -0.4 is 4.90 Å². The van der Waals surface area contributed by atoms with Gasteiger partial charge in [0.2, 0.25) is 12.1 Å². The number of aryl methyl sites for hydroxylation is 1. The molecule has 1 aliphatic carbocycles. The summed E-state index contributed by atoms with van der Waals surface area (Å²) >= 11 is 0. The van der Waals surface area contributed by atoms with Crippen LogP contribution in [-0.2, 0) is 30.5 Å². The minimum Gasteiger partial charge on any atom is -0.432 e. The van der Waals surface area contributed by atoms with E-state index in [0.29, 0.717) is 5.92 Å². The van der Waals surface area contributed by atoms with Crippen molar-refractivity contribution in [2.45, 2.75) is 76.5 Å². The molecule has 1 saturated carbocycles. The van der Waals surface area contributed by atoms with Crippen LogP contribution in [0.4, 0.5) is 5.69 Å². The fourth-order valence-electron chi connectivity index (χ4n) is 6.42. The zero-order chi connectivity index (χ0) is 21.8. The normalized spacial score (nSPS) is 41.3. The van der Waals surface area contributed by atoms with Crippen LogP contribution in [0.5, 0.6) is 0 Å². The Morgan fingerprint density at radius 3 is 2.58 bits per heavy atom. The van der Waals surface area contributed by atoms with E-state index < -0.39 is 17.7 Å². The van der Waals surface area contributed by atoms with E-state index >= 15 is 0 Å². The molecule has 6 rings (SSSR count). The summed E-state index contributed by atoms with van der Waals surface area (Å²) in [5, 5.41) is 0. The van der Waals surface area contributed by atoms with E-state index in [1.165, 1.54) is 11.3 Å². The largest absolute Gasteiger partial charge is 0.432 e. The molecule has 5 fully saturated rings. The maximum Gasteiger partial charge on any atom is 0.311 e. The van der Waals surface area contributed by atoms with Crippen LogP contribution in [0.2, 0.25) is 0 Å². The molecule has 7 atom stereocenters. The van der Waals surface area contributed by atoms with E-state index in [1.54, 1.807) is 0 Å². The minimum absolute atomic E-state index is 0.0821. The maximum atomic E-state index is 13.1. The van der Waals surface area contributed by atoms with E-state index in [-0.39, 0.29) is 23.7 Å². The zero-order valence-corrected chi connectivity index (χ0v) is 19.1. The third-order valence-corrected chi connectivity index (χ3v) is 8.22. The highest BCUT2D eigenvalue weighted by atomic mass is 17.3. The molecular weight excluding hydrogens is 394 g/mol. The Balaban J connectivity index is 1.33. The van der Waals surface area contributed by atoms with Crippen molar-refractivity contribution in [2.75, 3.05) is 19.0 Å². The molecule has 1 unspecified atom stereocenters. The molecule has 0 amide bonds. The van der Waals surface area contributed by atoms with Gasteiger partial charge < -0.3 is 14.4 Å². The molecule has 4 heterocycles. The number of esters is 1. The molecule has 0 N–H and O–H groups in total. The molecule has 5 aliphatic rings. The average molecular weight is 430 g/mol. The van der Waals surface area contributed by atoms with Gasteiger partial charge in [0.15, 0.2) is 5.60 Å². The average Bonchev–Trinajstić information content (AvgIpc) is 2.97. The number of rotatable bonds is 5. The van der Waals surface area contributed by atoms with E-state index in [2.05, 4.69) is 36.1 Å². The van der Waals surface area contributed by atoms with Crippen LogP contribution >= 0.6 is 0 Å². The second-order valence-electron chi connectivity index (χ2n) is 10.4. The highest BCUT2D eigenvalue weighted by molar-refractivity contribution is 5.74. The number of nitrogens with zero attached hydrogens (tertiary/aromatic N) is 1. The number of anilines is 1. The number of ether oxygens (including phenoxy) is 2. The number of carbonyl (C=O) groups excluding carboxylic acids is 1. The smallest absolute Gasteiger partial charge is 0.311 e. The predicted molar refractivity (Wildman–Crippen MR) is 116 cm³/mol. The van der Waals surface area contributed by atoms with Crippen molar-refractivity contribution in [3.8, 4) is 0 Å². The Morgan fingerprint density at radius 2 is 1.84 bits per heavy atom. The predicted octanol–water partition coefficient (Wildman–Crippen LogP) is 4.46. The summed E-state index contributed by atoms with van der Waals surface area (Å²) in [6.45, 7) is 4.18. The van der Waals surface area contributed by atoms with Crippen LogP contribution in [0.15, 0.2) is 24.3 Å². The van der Waals surface area contributed by atoms with Crippen molar-refractivity contribution in [1.82, 2.24) is 0 Å². The number of hydrogen-bond donors (Lipinski definition) is 0. The Hall–Kier alpha value is -1.63. The van der Waals surface area contributed by atoms with Gasteiger partial charge in [0.25, 0.3) is 0 Å². The summed E-state index contributed by atoms with van der Waals surface area (Å²) in [4.78, 5) is 27.2. The van der Waals surface area contributed by atoms with Crippen LogP contribution in [0, 0.1) is 23.7 Å². The molecule has 170 valence electrons. The van der Waals surface area contributed by atoms with Gasteiger partial charge in [0.05, 0.1) is 5.92 Å². The van der Waals surface area contributed by atoms with E-state index in [0.717, 1.165) is 44.9 Å². The van der Waals surface area contributed by atoms with Crippen molar-refractivity contribution in [3.63, 3.8) is 0 Å². The number of benzene rings is 1. The van der Waals surface area contributed by atoms with Gasteiger partial charge in [-0.3, -0.25) is 4.79 Å². The fourth-order valence-corrected chi connectivity index (χ4v) is 6.42. The van der Waals surface area contributed by atoms with Crippen molar-refractivity contribution in [3.05, 3.63) is 29.8 Å². The van der Waals surface area contributed by atoms with Crippen LogP contribution in [0.3, 0.4) is 0 Å². The van der Waals surface area contributed by atoms with Gasteiger partial charge in [0.1, 0.15) is 0 Å². The molecule has 6 heteroatoms. The highest BCUT2D eigenvalue weighted by Gasteiger charge is 2.70. The Bertz CT molecular complexity index is 826. The lowest BCUT2D eigenvalue weighted by molar-refractivity contribution is -0.559. The lowest BCUT2D eigenvalue weighted by Gasteiger charge is -2.58. The minimum atomic E-state index is -0.830. The fraction of sp³-hybridized carbons (Fsp3) is 0.720. The monoisotopic (exact) mass is 429 g/mol. The summed E-state index contributed by atoms with van der Waals surface area (Å²) in [6.07, 6.45) is 5.84. The van der Waals surface area contributed by atoms with Gasteiger partial charge in [-0.25, -0.2) is 9.78 Å².